The number of benzene rings is 1. The van der Waals surface area contributed by atoms with Crippen LogP contribution in [0.1, 0.15) is 27.3 Å². The number of carbonyl (C=O) groups is 2. The second-order valence-electron chi connectivity index (χ2n) is 8.42. The Kier molecular flexibility index (Phi) is 7.32. The highest BCUT2D eigenvalue weighted by atomic mass is 19.4. The van der Waals surface area contributed by atoms with Crippen LogP contribution in [0.25, 0.3) is 0 Å². The second kappa shape index (κ2) is 10.2. The molecule has 1 atom stereocenters. The van der Waals surface area contributed by atoms with Crippen LogP contribution in [0.15, 0.2) is 12.1 Å². The van der Waals surface area contributed by atoms with Crippen molar-refractivity contribution < 1.29 is 45.2 Å². The average Bonchev–Trinajstić information content (AvgIpc) is 3.10. The average molecular weight is 538 g/mol. The minimum absolute atomic E-state index is 0.00358. The van der Waals surface area contributed by atoms with Crippen LogP contribution in [0.5, 0.6) is 0 Å². The molecule has 4 rings (SSSR count). The van der Waals surface area contributed by atoms with Crippen molar-refractivity contribution in [2.24, 2.45) is 0 Å². The van der Waals surface area contributed by atoms with E-state index in [2.05, 4.69) is 10.4 Å². The Morgan fingerprint density at radius 1 is 1.27 bits per heavy atom. The van der Waals surface area contributed by atoms with Gasteiger partial charge in [0.1, 0.15) is 23.2 Å². The van der Waals surface area contributed by atoms with Gasteiger partial charge in [-0.25, -0.2) is 27.4 Å². The van der Waals surface area contributed by atoms with Crippen LogP contribution >= 0.6 is 0 Å². The molecule has 3 amide bonds. The first kappa shape index (κ1) is 26.7. The van der Waals surface area contributed by atoms with Crippen molar-refractivity contribution in [2.45, 2.75) is 38.2 Å². The lowest BCUT2D eigenvalue weighted by Crippen LogP contribution is -2.40. The quantitative estimate of drug-likeness (QED) is 0.572. The van der Waals surface area contributed by atoms with Gasteiger partial charge in [-0.15, -0.1) is 0 Å². The molecular formula is C21H21F7N6O3. The van der Waals surface area contributed by atoms with Gasteiger partial charge in [-0.1, -0.05) is 0 Å². The maximum Gasteiger partial charge on any atom is 0.422 e. The lowest BCUT2D eigenvalue weighted by atomic mass is 10.0. The third-order valence-corrected chi connectivity index (χ3v) is 5.85. The molecule has 0 saturated heterocycles. The van der Waals surface area contributed by atoms with Crippen molar-refractivity contribution in [1.29, 1.82) is 0 Å². The number of nitrogens with one attached hydrogen (secondary N) is 2. The second-order valence-corrected chi connectivity index (χ2v) is 8.42. The molecule has 16 heteroatoms. The third kappa shape index (κ3) is 5.49. The van der Waals surface area contributed by atoms with E-state index >= 15 is 0 Å². The van der Waals surface area contributed by atoms with Gasteiger partial charge in [0.25, 0.3) is 12.3 Å². The number of aromatic nitrogens is 2. The molecule has 202 valence electrons. The zero-order valence-electron chi connectivity index (χ0n) is 19.2. The number of hydroxylamine groups is 2. The molecule has 2 N–H and O–H groups in total. The Hall–Kier alpha value is -3.40. The topological polar surface area (TPSA) is 91.7 Å². The van der Waals surface area contributed by atoms with Gasteiger partial charge < -0.3 is 15.5 Å². The van der Waals surface area contributed by atoms with E-state index in [0.29, 0.717) is 23.4 Å². The van der Waals surface area contributed by atoms with E-state index < -0.39 is 60.1 Å². The fourth-order valence-corrected chi connectivity index (χ4v) is 4.18. The molecule has 9 nitrogen and oxygen atoms in total. The molecule has 0 radical (unpaired) electrons. The summed E-state index contributed by atoms with van der Waals surface area (Å²) in [5.74, 6) is -4.38. The maximum absolute atomic E-state index is 14.4. The molecule has 0 bridgehead atoms. The maximum atomic E-state index is 14.4. The SMILES string of the molecule is CN1O[C@@H](CNCC(F)F)Cn2nc3c(c2C1=O)CN(C(=O)Nc1ccc(F)c(C(F)(F)F)c1F)CC3. The molecule has 2 aliphatic rings. The number of hydrogen-bond donors (Lipinski definition) is 2. The molecule has 1 aromatic carbocycles. The fourth-order valence-electron chi connectivity index (χ4n) is 4.18. The fraction of sp³-hybridized carbons (Fsp3) is 0.476. The Morgan fingerprint density at radius 3 is 2.68 bits per heavy atom. The lowest BCUT2D eigenvalue weighted by molar-refractivity contribution is -0.146. The molecule has 3 heterocycles. The number of amides is 3. The first-order valence-corrected chi connectivity index (χ1v) is 11.0. The highest BCUT2D eigenvalue weighted by molar-refractivity contribution is 5.94. The number of anilines is 1. The number of rotatable bonds is 5. The van der Waals surface area contributed by atoms with Gasteiger partial charge in [0, 0.05) is 32.1 Å². The smallest absolute Gasteiger partial charge is 0.320 e. The molecule has 0 spiro atoms. The highest BCUT2D eigenvalue weighted by Gasteiger charge is 2.40. The number of alkyl halides is 5. The van der Waals surface area contributed by atoms with Crippen molar-refractivity contribution in [3.63, 3.8) is 0 Å². The van der Waals surface area contributed by atoms with E-state index in [1.165, 1.54) is 11.7 Å². The van der Waals surface area contributed by atoms with E-state index in [4.69, 9.17) is 4.84 Å². The van der Waals surface area contributed by atoms with Crippen LogP contribution in [-0.4, -0.2) is 70.9 Å². The first-order chi connectivity index (χ1) is 17.4. The normalized spacial score (nSPS) is 18.1. The lowest BCUT2D eigenvalue weighted by Gasteiger charge is -2.27. The third-order valence-electron chi connectivity index (χ3n) is 5.85. The molecule has 2 aliphatic heterocycles. The van der Waals surface area contributed by atoms with Gasteiger partial charge in [-0.05, 0) is 12.1 Å². The Morgan fingerprint density at radius 2 is 2.00 bits per heavy atom. The summed E-state index contributed by atoms with van der Waals surface area (Å²) in [6.07, 6.45) is -8.42. The molecule has 37 heavy (non-hydrogen) atoms. The Bertz CT molecular complexity index is 1200. The standard InChI is InChI=1S/C21H21F7N6O3/c1-32-19(35)18-11-9-33(20(36)30-14-3-2-12(22)16(17(14)25)21(26,27)28)5-4-13(11)31-34(18)8-10(37-32)6-29-7-15(23)24/h2-3,10,15,29H,4-9H2,1H3,(H,30,36)/t10-/m0/s1. The number of fused-ring (bicyclic) bond motifs is 3. The summed E-state index contributed by atoms with van der Waals surface area (Å²) in [6, 6.07) is 0.107. The van der Waals surface area contributed by atoms with Crippen molar-refractivity contribution in [3.8, 4) is 0 Å². The van der Waals surface area contributed by atoms with Gasteiger partial charge >= 0.3 is 12.2 Å². The highest BCUT2D eigenvalue weighted by Crippen LogP contribution is 2.36. The molecule has 2 aromatic rings. The molecule has 1 aromatic heterocycles. The van der Waals surface area contributed by atoms with E-state index in [0.717, 1.165) is 9.96 Å². The van der Waals surface area contributed by atoms with E-state index in [-0.39, 0.29) is 38.3 Å². The largest absolute Gasteiger partial charge is 0.422 e. The van der Waals surface area contributed by atoms with Gasteiger partial charge in [-0.3, -0.25) is 14.3 Å². The predicted octanol–water partition coefficient (Wildman–Crippen LogP) is 3.01. The minimum Gasteiger partial charge on any atom is -0.320 e. The van der Waals surface area contributed by atoms with Gasteiger partial charge in [0.15, 0.2) is 5.82 Å². The van der Waals surface area contributed by atoms with Crippen LogP contribution < -0.4 is 10.6 Å². The van der Waals surface area contributed by atoms with E-state index in [1.54, 1.807) is 0 Å². The van der Waals surface area contributed by atoms with Gasteiger partial charge in [0.2, 0.25) is 0 Å². The molecule has 0 fully saturated rings. The van der Waals surface area contributed by atoms with Crippen LogP contribution in [0.2, 0.25) is 0 Å². The number of nitrogens with zero attached hydrogens (tertiary/aromatic N) is 4. The van der Waals surface area contributed by atoms with E-state index in [1.807, 2.05) is 5.32 Å². The monoisotopic (exact) mass is 538 g/mol. The summed E-state index contributed by atoms with van der Waals surface area (Å²) < 4.78 is 93.2. The number of urea groups is 1. The summed E-state index contributed by atoms with van der Waals surface area (Å²) >= 11 is 0. The zero-order valence-corrected chi connectivity index (χ0v) is 19.2. The number of carbonyl (C=O) groups excluding carboxylic acids is 2. The predicted molar refractivity (Wildman–Crippen MR) is 113 cm³/mol. The number of hydrogen-bond acceptors (Lipinski definition) is 5. The van der Waals surface area contributed by atoms with Crippen LogP contribution in [-0.2, 0) is 30.5 Å². The van der Waals surface area contributed by atoms with Crippen LogP contribution in [0.4, 0.5) is 41.2 Å². The first-order valence-electron chi connectivity index (χ1n) is 11.0. The van der Waals surface area contributed by atoms with Crippen LogP contribution in [0.3, 0.4) is 0 Å². The molecule has 0 aliphatic carbocycles. The van der Waals surface area contributed by atoms with Gasteiger partial charge in [-0.2, -0.15) is 18.3 Å². The van der Waals surface area contributed by atoms with Crippen molar-refractivity contribution in [1.82, 2.24) is 25.1 Å². The minimum atomic E-state index is -5.31. The summed E-state index contributed by atoms with van der Waals surface area (Å²) in [5.41, 5.74) is -2.03. The van der Waals surface area contributed by atoms with Crippen molar-refractivity contribution in [3.05, 3.63) is 46.3 Å². The number of halogens is 7. The Balaban J connectivity index is 1.53. The zero-order chi connectivity index (χ0) is 27.1. The summed E-state index contributed by atoms with van der Waals surface area (Å²) in [4.78, 5) is 32.4. The summed E-state index contributed by atoms with van der Waals surface area (Å²) in [6.45, 7) is -0.655. The molecule has 0 saturated carbocycles. The van der Waals surface area contributed by atoms with Crippen molar-refractivity contribution >= 4 is 17.6 Å². The summed E-state index contributed by atoms with van der Waals surface area (Å²) in [5, 5.41) is 9.89. The molecule has 0 unspecified atom stereocenters. The molecular weight excluding hydrogens is 517 g/mol. The summed E-state index contributed by atoms with van der Waals surface area (Å²) in [7, 11) is 1.33. The Labute approximate surface area is 205 Å². The van der Waals surface area contributed by atoms with Crippen molar-refractivity contribution in [2.75, 3.05) is 32.0 Å². The van der Waals surface area contributed by atoms with E-state index in [9.17, 15) is 40.3 Å². The van der Waals surface area contributed by atoms with Crippen LogP contribution in [0, 0.1) is 11.6 Å². The van der Waals surface area contributed by atoms with Gasteiger partial charge in [0.05, 0.1) is 31.0 Å².